The molecule has 0 bridgehead atoms. The van der Waals surface area contributed by atoms with Crippen LogP contribution in [-0.4, -0.2) is 41.9 Å². The lowest BCUT2D eigenvalue weighted by molar-refractivity contribution is -0.139. The van der Waals surface area contributed by atoms with Crippen LogP contribution in [-0.2, 0) is 14.4 Å². The van der Waals surface area contributed by atoms with E-state index in [1.807, 2.05) is 0 Å². The number of carbonyl (C=O) groups is 1. The molecule has 7 heteroatoms. The van der Waals surface area contributed by atoms with Gasteiger partial charge in [0.15, 0.2) is 0 Å². The third kappa shape index (κ3) is 8.16. The number of carbonyl (C=O) groups excluding carboxylic acids is 2. The summed E-state index contributed by atoms with van der Waals surface area (Å²) in [6.45, 7) is 10.4. The fourth-order valence-corrected chi connectivity index (χ4v) is 3.37. The lowest BCUT2D eigenvalue weighted by Crippen LogP contribution is -2.39. The summed E-state index contributed by atoms with van der Waals surface area (Å²) in [6, 6.07) is -0.705. The zero-order valence-corrected chi connectivity index (χ0v) is 15.2. The molecule has 0 aromatic heterocycles. The van der Waals surface area contributed by atoms with Crippen molar-refractivity contribution in [2.45, 2.75) is 66.0 Å². The van der Waals surface area contributed by atoms with Crippen molar-refractivity contribution in [3.8, 4) is 0 Å². The molecule has 0 amide bonds. The Labute approximate surface area is 143 Å². The number of isocyanates is 2. The van der Waals surface area contributed by atoms with Crippen molar-refractivity contribution in [1.29, 1.82) is 0 Å². The highest BCUT2D eigenvalue weighted by atomic mass is 16.4. The van der Waals surface area contributed by atoms with Crippen LogP contribution in [0.1, 0.15) is 53.9 Å². The Bertz CT molecular complexity index is 520. The first-order valence-corrected chi connectivity index (χ1v) is 8.05. The summed E-state index contributed by atoms with van der Waals surface area (Å²) in [6.07, 6.45) is 5.88. The quantitative estimate of drug-likeness (QED) is 0.588. The Hall–Kier alpha value is -1.81. The van der Waals surface area contributed by atoms with E-state index in [0.29, 0.717) is 6.54 Å². The molecule has 0 aliphatic heterocycles. The molecular formula is C17H29N3O4. The lowest BCUT2D eigenvalue weighted by atomic mass is 9.63. The van der Waals surface area contributed by atoms with Crippen molar-refractivity contribution < 1.29 is 19.5 Å². The summed E-state index contributed by atoms with van der Waals surface area (Å²) >= 11 is 0. The van der Waals surface area contributed by atoms with E-state index in [-0.39, 0.29) is 22.8 Å². The van der Waals surface area contributed by atoms with Gasteiger partial charge < -0.3 is 10.8 Å². The van der Waals surface area contributed by atoms with E-state index >= 15 is 0 Å². The predicted molar refractivity (Wildman–Crippen MR) is 91.1 cm³/mol. The van der Waals surface area contributed by atoms with Gasteiger partial charge in [0.1, 0.15) is 6.04 Å². The van der Waals surface area contributed by atoms with E-state index in [9.17, 15) is 14.4 Å². The average Bonchev–Trinajstić information content (AvgIpc) is 2.43. The Morgan fingerprint density at radius 2 is 1.83 bits per heavy atom. The molecule has 1 rings (SSSR count). The van der Waals surface area contributed by atoms with Gasteiger partial charge in [-0.05, 0) is 36.0 Å². The van der Waals surface area contributed by atoms with Gasteiger partial charge in [0.2, 0.25) is 12.2 Å². The molecule has 3 N–H and O–H groups in total. The maximum atomic E-state index is 10.3. The third-order valence-electron chi connectivity index (χ3n) is 4.19. The zero-order chi connectivity index (χ0) is 19.0. The van der Waals surface area contributed by atoms with Crippen LogP contribution in [0.2, 0.25) is 0 Å². The highest BCUT2D eigenvalue weighted by molar-refractivity contribution is 5.73. The van der Waals surface area contributed by atoms with E-state index in [2.05, 4.69) is 30.8 Å². The Morgan fingerprint density at radius 1 is 1.25 bits per heavy atom. The number of aliphatic imine (C=N–C) groups is 2. The molecule has 0 saturated heterocycles. The normalized spacial score (nSPS) is 26.2. The number of rotatable bonds is 5. The van der Waals surface area contributed by atoms with E-state index < -0.39 is 12.0 Å². The van der Waals surface area contributed by atoms with E-state index in [4.69, 9.17) is 10.8 Å². The van der Waals surface area contributed by atoms with Crippen molar-refractivity contribution >= 4 is 18.1 Å². The van der Waals surface area contributed by atoms with Gasteiger partial charge in [-0.1, -0.05) is 34.6 Å². The van der Waals surface area contributed by atoms with Gasteiger partial charge in [0, 0.05) is 0 Å². The topological polar surface area (TPSA) is 122 Å². The number of hydrogen-bond donors (Lipinski definition) is 2. The number of carboxylic acid groups (broad SMARTS) is 1. The molecule has 1 aliphatic rings. The summed E-state index contributed by atoms with van der Waals surface area (Å²) in [4.78, 5) is 38.0. The van der Waals surface area contributed by atoms with Crippen molar-refractivity contribution in [1.82, 2.24) is 0 Å². The Kier molecular flexibility index (Phi) is 8.76. The molecular weight excluding hydrogens is 310 g/mol. The highest BCUT2D eigenvalue weighted by Gasteiger charge is 2.41. The largest absolute Gasteiger partial charge is 0.480 e. The van der Waals surface area contributed by atoms with Crippen LogP contribution in [0.3, 0.4) is 0 Å². The van der Waals surface area contributed by atoms with Gasteiger partial charge >= 0.3 is 5.97 Å². The molecule has 0 spiro atoms. The second-order valence-electron chi connectivity index (χ2n) is 7.95. The molecule has 24 heavy (non-hydrogen) atoms. The summed E-state index contributed by atoms with van der Waals surface area (Å²) in [5.74, 6) is -0.910. The third-order valence-corrected chi connectivity index (χ3v) is 4.19. The maximum Gasteiger partial charge on any atom is 0.320 e. The average molecular weight is 339 g/mol. The first-order valence-electron chi connectivity index (χ1n) is 8.05. The van der Waals surface area contributed by atoms with Crippen molar-refractivity contribution in [3.63, 3.8) is 0 Å². The summed E-state index contributed by atoms with van der Waals surface area (Å²) < 4.78 is 0. The van der Waals surface area contributed by atoms with Crippen molar-refractivity contribution in [3.05, 3.63) is 0 Å². The molecule has 2 unspecified atom stereocenters. The first-order chi connectivity index (χ1) is 11.0. The number of carboxylic acids is 1. The minimum atomic E-state index is -0.931. The fraction of sp³-hybridized carbons (Fsp3) is 0.824. The molecule has 136 valence electrons. The smallest absolute Gasteiger partial charge is 0.320 e. The maximum absolute atomic E-state index is 10.3. The molecule has 1 saturated carbocycles. The van der Waals surface area contributed by atoms with Crippen LogP contribution in [0, 0.1) is 16.7 Å². The minimum Gasteiger partial charge on any atom is -0.480 e. The van der Waals surface area contributed by atoms with Gasteiger partial charge in [-0.15, -0.1) is 0 Å². The van der Waals surface area contributed by atoms with E-state index in [1.165, 1.54) is 0 Å². The van der Waals surface area contributed by atoms with Crippen LogP contribution in [0.5, 0.6) is 0 Å². The molecule has 3 atom stereocenters. The van der Waals surface area contributed by atoms with Crippen LogP contribution >= 0.6 is 0 Å². The second kappa shape index (κ2) is 9.48. The van der Waals surface area contributed by atoms with E-state index in [0.717, 1.165) is 19.3 Å². The monoisotopic (exact) mass is 339 g/mol. The molecule has 1 aliphatic carbocycles. The fourth-order valence-electron chi connectivity index (χ4n) is 3.37. The van der Waals surface area contributed by atoms with Crippen molar-refractivity contribution in [2.24, 2.45) is 32.5 Å². The van der Waals surface area contributed by atoms with Crippen molar-refractivity contribution in [2.75, 3.05) is 6.54 Å². The molecule has 0 radical (unpaired) electrons. The lowest BCUT2D eigenvalue weighted by Gasteiger charge is -2.44. The summed E-state index contributed by atoms with van der Waals surface area (Å²) in [5, 5.41) is 8.23. The second-order valence-corrected chi connectivity index (χ2v) is 7.95. The van der Waals surface area contributed by atoms with Crippen LogP contribution in [0.25, 0.3) is 0 Å². The molecule has 7 nitrogen and oxygen atoms in total. The predicted octanol–water partition coefficient (Wildman–Crippen LogP) is 2.30. The van der Waals surface area contributed by atoms with Gasteiger partial charge in [-0.3, -0.25) is 4.79 Å². The van der Waals surface area contributed by atoms with Gasteiger partial charge in [-0.25, -0.2) is 19.6 Å². The van der Waals surface area contributed by atoms with Crippen LogP contribution < -0.4 is 5.73 Å². The Morgan fingerprint density at radius 3 is 2.21 bits per heavy atom. The standard InChI is InChI=1S/C12H18N2O2.C5H11NO2/c1-11(2)4-10(14-9-16)5-12(3,6-11)7-13-8-15;1-3(2)4(6)5(7)8/h10H,4-7H2,1-3H3;3-4H,6H2,1-2H3,(H,7,8)/t;4-/m.0/s1. The molecule has 0 heterocycles. The van der Waals surface area contributed by atoms with Gasteiger partial charge in [-0.2, -0.15) is 0 Å². The Balaban J connectivity index is 0.000000561. The highest BCUT2D eigenvalue weighted by Crippen LogP contribution is 2.47. The number of nitrogens with zero attached hydrogens (tertiary/aromatic N) is 2. The van der Waals surface area contributed by atoms with Crippen LogP contribution in [0.15, 0.2) is 9.98 Å². The number of nitrogens with two attached hydrogens (primary N) is 1. The minimum absolute atomic E-state index is 0.00750. The number of hydrogen-bond acceptors (Lipinski definition) is 6. The zero-order valence-electron chi connectivity index (χ0n) is 15.2. The van der Waals surface area contributed by atoms with Gasteiger partial charge in [0.05, 0.1) is 12.6 Å². The van der Waals surface area contributed by atoms with Crippen LogP contribution in [0.4, 0.5) is 0 Å². The molecule has 0 aromatic carbocycles. The summed E-state index contributed by atoms with van der Waals surface area (Å²) in [7, 11) is 0. The van der Waals surface area contributed by atoms with E-state index in [1.54, 1.807) is 26.0 Å². The SMILES string of the molecule is CC(C)[C@H](N)C(=O)O.CC1(C)CC(N=C=O)CC(C)(CN=C=O)C1. The first kappa shape index (κ1) is 22.2. The number of aliphatic carboxylic acids is 1. The summed E-state index contributed by atoms with van der Waals surface area (Å²) in [5.41, 5.74) is 5.22. The molecule has 1 fully saturated rings. The molecule has 0 aromatic rings. The van der Waals surface area contributed by atoms with Gasteiger partial charge in [0.25, 0.3) is 0 Å².